The standard InChI is InChI=1S/C19H28N2O7S/c1-19(2,3)28-18(26)21-14(9-22)16(23)20-15(17(24)25)11-29-10-12-5-7-13(27-4)8-6-12/h5-8,14-15,22H,9-11H2,1-4H3,(H,20,23)(H,21,26)(H,24,25)/t14-,15-/m0/s1. The maximum atomic E-state index is 12.3. The third-order valence-corrected chi connectivity index (χ3v) is 4.62. The van der Waals surface area contributed by atoms with Gasteiger partial charge in [-0.3, -0.25) is 4.79 Å². The number of ether oxygens (including phenoxy) is 2. The zero-order chi connectivity index (χ0) is 22.0. The second-order valence-electron chi connectivity index (χ2n) is 7.14. The van der Waals surface area contributed by atoms with Crippen molar-refractivity contribution < 1.29 is 34.1 Å². The zero-order valence-electron chi connectivity index (χ0n) is 16.9. The van der Waals surface area contributed by atoms with Crippen LogP contribution in [0.1, 0.15) is 26.3 Å². The molecule has 0 saturated heterocycles. The van der Waals surface area contributed by atoms with Crippen LogP contribution in [0.3, 0.4) is 0 Å². The van der Waals surface area contributed by atoms with Crippen molar-refractivity contribution in [3.8, 4) is 5.75 Å². The molecule has 0 aliphatic heterocycles. The minimum atomic E-state index is -1.32. The van der Waals surface area contributed by atoms with E-state index in [1.165, 1.54) is 11.8 Å². The Labute approximate surface area is 174 Å². The van der Waals surface area contributed by atoms with E-state index in [1.807, 2.05) is 12.1 Å². The van der Waals surface area contributed by atoms with Crippen molar-refractivity contribution >= 4 is 29.7 Å². The van der Waals surface area contributed by atoms with Gasteiger partial charge < -0.3 is 30.3 Å². The Morgan fingerprint density at radius 3 is 2.21 bits per heavy atom. The van der Waals surface area contributed by atoms with E-state index in [0.717, 1.165) is 11.3 Å². The number of methoxy groups -OCH3 is 1. The Morgan fingerprint density at radius 1 is 1.10 bits per heavy atom. The summed E-state index contributed by atoms with van der Waals surface area (Å²) in [7, 11) is 1.57. The van der Waals surface area contributed by atoms with E-state index >= 15 is 0 Å². The summed E-state index contributed by atoms with van der Waals surface area (Å²) in [5.74, 6) is -0.645. The number of hydrogen-bond donors (Lipinski definition) is 4. The van der Waals surface area contributed by atoms with Crippen LogP contribution in [0.25, 0.3) is 0 Å². The minimum Gasteiger partial charge on any atom is -0.497 e. The lowest BCUT2D eigenvalue weighted by atomic mass is 10.2. The molecule has 0 aromatic heterocycles. The Bertz CT molecular complexity index is 689. The summed E-state index contributed by atoms with van der Waals surface area (Å²) in [4.78, 5) is 35.5. The monoisotopic (exact) mass is 428 g/mol. The summed E-state index contributed by atoms with van der Waals surface area (Å²) in [5.41, 5.74) is 0.202. The molecule has 1 aromatic rings. The molecule has 0 bridgehead atoms. The van der Waals surface area contributed by atoms with Crippen molar-refractivity contribution in [3.05, 3.63) is 29.8 Å². The molecule has 0 radical (unpaired) electrons. The summed E-state index contributed by atoms with van der Waals surface area (Å²) in [6, 6.07) is 4.85. The first-order valence-corrected chi connectivity index (χ1v) is 10.1. The number of benzene rings is 1. The summed E-state index contributed by atoms with van der Waals surface area (Å²) >= 11 is 1.33. The quantitative estimate of drug-likeness (QED) is 0.439. The molecule has 162 valence electrons. The Kier molecular flexibility index (Phi) is 9.76. The van der Waals surface area contributed by atoms with Gasteiger partial charge in [-0.15, -0.1) is 0 Å². The number of nitrogens with one attached hydrogen (secondary N) is 2. The minimum absolute atomic E-state index is 0.109. The van der Waals surface area contributed by atoms with Crippen LogP contribution in [0.4, 0.5) is 4.79 Å². The number of aliphatic carboxylic acids is 1. The van der Waals surface area contributed by atoms with Crippen LogP contribution in [0, 0.1) is 0 Å². The molecule has 2 atom stereocenters. The van der Waals surface area contributed by atoms with E-state index in [9.17, 15) is 24.6 Å². The van der Waals surface area contributed by atoms with Gasteiger partial charge in [-0.2, -0.15) is 11.8 Å². The van der Waals surface area contributed by atoms with Gasteiger partial charge in [0.15, 0.2) is 0 Å². The van der Waals surface area contributed by atoms with Gasteiger partial charge in [0, 0.05) is 11.5 Å². The first-order valence-electron chi connectivity index (χ1n) is 8.90. The highest BCUT2D eigenvalue weighted by Crippen LogP contribution is 2.17. The molecule has 4 N–H and O–H groups in total. The van der Waals surface area contributed by atoms with Gasteiger partial charge in [0.2, 0.25) is 5.91 Å². The van der Waals surface area contributed by atoms with Gasteiger partial charge in [-0.05, 0) is 38.5 Å². The van der Waals surface area contributed by atoms with E-state index in [0.29, 0.717) is 5.75 Å². The first-order chi connectivity index (χ1) is 13.6. The van der Waals surface area contributed by atoms with E-state index in [-0.39, 0.29) is 5.75 Å². The van der Waals surface area contributed by atoms with Crippen LogP contribution >= 0.6 is 11.8 Å². The van der Waals surface area contributed by atoms with Gasteiger partial charge >= 0.3 is 12.1 Å². The predicted molar refractivity (Wildman–Crippen MR) is 109 cm³/mol. The molecule has 1 rings (SSSR count). The lowest BCUT2D eigenvalue weighted by Gasteiger charge is -2.23. The molecule has 0 unspecified atom stereocenters. The molecule has 0 heterocycles. The van der Waals surface area contributed by atoms with Gasteiger partial charge in [0.05, 0.1) is 13.7 Å². The molecule has 1 aromatic carbocycles. The second-order valence-corrected chi connectivity index (χ2v) is 8.17. The third kappa shape index (κ3) is 9.53. The van der Waals surface area contributed by atoms with Crippen molar-refractivity contribution in [3.63, 3.8) is 0 Å². The molecule has 0 aliphatic carbocycles. The number of carbonyl (C=O) groups is 3. The van der Waals surface area contributed by atoms with Gasteiger partial charge in [0.1, 0.15) is 23.4 Å². The molecule has 0 spiro atoms. The maximum absolute atomic E-state index is 12.3. The topological polar surface area (TPSA) is 134 Å². The molecule has 9 nitrogen and oxygen atoms in total. The van der Waals surface area contributed by atoms with E-state index in [4.69, 9.17) is 9.47 Å². The number of hydrogen-bond acceptors (Lipinski definition) is 7. The lowest BCUT2D eigenvalue weighted by Crippen LogP contribution is -2.54. The molecule has 2 amide bonds. The van der Waals surface area contributed by atoms with Crippen LogP contribution in [0.15, 0.2) is 24.3 Å². The smallest absolute Gasteiger partial charge is 0.408 e. The fourth-order valence-corrected chi connectivity index (χ4v) is 3.11. The second kappa shape index (κ2) is 11.5. The number of aliphatic hydroxyl groups is 1. The molecule has 0 fully saturated rings. The molecular formula is C19H28N2O7S. The van der Waals surface area contributed by atoms with E-state index in [1.54, 1.807) is 40.0 Å². The average molecular weight is 429 g/mol. The number of carbonyl (C=O) groups excluding carboxylic acids is 2. The normalized spacial score (nSPS) is 13.1. The van der Waals surface area contributed by atoms with Crippen molar-refractivity contribution in [1.29, 1.82) is 0 Å². The average Bonchev–Trinajstić information content (AvgIpc) is 2.64. The highest BCUT2D eigenvalue weighted by atomic mass is 32.2. The van der Waals surface area contributed by atoms with Crippen LogP contribution in [-0.4, -0.2) is 65.3 Å². The zero-order valence-corrected chi connectivity index (χ0v) is 17.7. The molecule has 0 aliphatic rings. The van der Waals surface area contributed by atoms with Crippen LogP contribution in [0.2, 0.25) is 0 Å². The summed E-state index contributed by atoms with van der Waals surface area (Å²) in [6.45, 7) is 4.26. The van der Waals surface area contributed by atoms with Crippen molar-refractivity contribution in [2.24, 2.45) is 0 Å². The Hall–Kier alpha value is -2.46. The van der Waals surface area contributed by atoms with Crippen LogP contribution in [0.5, 0.6) is 5.75 Å². The van der Waals surface area contributed by atoms with Crippen molar-refractivity contribution in [2.75, 3.05) is 19.5 Å². The van der Waals surface area contributed by atoms with E-state index < -0.39 is 42.3 Å². The van der Waals surface area contributed by atoms with Gasteiger partial charge in [-0.25, -0.2) is 9.59 Å². The fourth-order valence-electron chi connectivity index (χ4n) is 2.11. The molecule has 29 heavy (non-hydrogen) atoms. The highest BCUT2D eigenvalue weighted by molar-refractivity contribution is 7.98. The predicted octanol–water partition coefficient (Wildman–Crippen LogP) is 1.38. The summed E-state index contributed by atoms with van der Waals surface area (Å²) in [6.07, 6.45) is -0.882. The molecular weight excluding hydrogens is 400 g/mol. The first kappa shape index (κ1) is 24.6. The van der Waals surface area contributed by atoms with Gasteiger partial charge in [0.25, 0.3) is 0 Å². The number of thioether (sulfide) groups is 1. The number of carboxylic acids is 1. The summed E-state index contributed by atoms with van der Waals surface area (Å²) < 4.78 is 10.1. The van der Waals surface area contributed by atoms with Crippen LogP contribution in [-0.2, 0) is 20.1 Å². The molecule has 0 saturated carbocycles. The SMILES string of the molecule is COc1ccc(CSC[C@H](NC(=O)[C@H](CO)NC(=O)OC(C)(C)C)C(=O)O)cc1. The Balaban J connectivity index is 2.58. The van der Waals surface area contributed by atoms with Gasteiger partial charge in [-0.1, -0.05) is 12.1 Å². The third-order valence-electron chi connectivity index (χ3n) is 3.52. The number of carboxylic acid groups (broad SMARTS) is 1. The number of aliphatic hydroxyl groups excluding tert-OH is 1. The lowest BCUT2D eigenvalue weighted by molar-refractivity contribution is -0.141. The maximum Gasteiger partial charge on any atom is 0.408 e. The number of rotatable bonds is 10. The Morgan fingerprint density at radius 2 is 1.72 bits per heavy atom. The largest absolute Gasteiger partial charge is 0.497 e. The highest BCUT2D eigenvalue weighted by Gasteiger charge is 2.27. The summed E-state index contributed by atoms with van der Waals surface area (Å²) in [5, 5.41) is 23.3. The van der Waals surface area contributed by atoms with Crippen LogP contribution < -0.4 is 15.4 Å². The van der Waals surface area contributed by atoms with Crippen molar-refractivity contribution in [2.45, 2.75) is 44.2 Å². The number of amides is 2. The molecule has 10 heteroatoms. The van der Waals surface area contributed by atoms with Crippen molar-refractivity contribution in [1.82, 2.24) is 10.6 Å². The van der Waals surface area contributed by atoms with E-state index in [2.05, 4.69) is 10.6 Å². The number of alkyl carbamates (subject to hydrolysis) is 1. The fraction of sp³-hybridized carbons (Fsp3) is 0.526.